The molecular formula is C24H22N2O3S. The van der Waals surface area contributed by atoms with E-state index >= 15 is 0 Å². The normalized spacial score (nSPS) is 12.2. The second kappa shape index (κ2) is 9.41. The zero-order chi connectivity index (χ0) is 20.8. The molecule has 1 amide bonds. The first kappa shape index (κ1) is 19.9. The number of hydrogen-bond acceptors (Lipinski definition) is 4. The van der Waals surface area contributed by atoms with E-state index in [0.717, 1.165) is 24.4 Å². The van der Waals surface area contributed by atoms with Crippen molar-refractivity contribution in [1.82, 2.24) is 5.32 Å². The monoisotopic (exact) mass is 418 g/mol. The highest BCUT2D eigenvalue weighted by molar-refractivity contribution is 7.80. The first-order valence-corrected chi connectivity index (χ1v) is 10.2. The predicted molar refractivity (Wildman–Crippen MR) is 121 cm³/mol. The average Bonchev–Trinajstić information content (AvgIpc) is 3.22. The van der Waals surface area contributed by atoms with Crippen molar-refractivity contribution in [3.05, 3.63) is 90.0 Å². The molecule has 30 heavy (non-hydrogen) atoms. The largest absolute Gasteiger partial charge is 0.490 e. The molecular weight excluding hydrogens is 396 g/mol. The van der Waals surface area contributed by atoms with Crippen LogP contribution in [0.3, 0.4) is 0 Å². The molecule has 6 heteroatoms. The van der Waals surface area contributed by atoms with Gasteiger partial charge in [0.15, 0.2) is 5.11 Å². The second-order valence-electron chi connectivity index (χ2n) is 6.83. The summed E-state index contributed by atoms with van der Waals surface area (Å²) in [5.41, 5.74) is 2.78. The third-order valence-electron chi connectivity index (χ3n) is 4.81. The average molecular weight is 419 g/mol. The maximum absolute atomic E-state index is 12.7. The van der Waals surface area contributed by atoms with Gasteiger partial charge in [-0.25, -0.2) is 0 Å². The fourth-order valence-electron chi connectivity index (χ4n) is 3.35. The number of nitrogens with one attached hydrogen (secondary N) is 1. The topological polar surface area (TPSA) is 50.8 Å². The Morgan fingerprint density at radius 1 is 0.900 bits per heavy atom. The first-order chi connectivity index (χ1) is 14.7. The summed E-state index contributed by atoms with van der Waals surface area (Å²) in [5.74, 6) is 1.15. The quantitative estimate of drug-likeness (QED) is 0.480. The van der Waals surface area contributed by atoms with Gasteiger partial charge in [-0.05, 0) is 60.6 Å². The van der Waals surface area contributed by atoms with Crippen molar-refractivity contribution in [1.29, 1.82) is 0 Å². The number of benzene rings is 3. The summed E-state index contributed by atoms with van der Waals surface area (Å²) < 4.78 is 11.3. The molecule has 4 rings (SSSR count). The predicted octanol–water partition coefficient (Wildman–Crippen LogP) is 4.22. The van der Waals surface area contributed by atoms with Crippen LogP contribution >= 0.6 is 12.2 Å². The Hall–Kier alpha value is -3.38. The fourth-order valence-corrected chi connectivity index (χ4v) is 3.63. The van der Waals surface area contributed by atoms with E-state index in [4.69, 9.17) is 21.7 Å². The molecule has 0 radical (unpaired) electrons. The SMILES string of the molecule is O=C(NC(=S)N1CCc2ccccc21)c1cccc(OCCOc2ccccc2)c1. The van der Waals surface area contributed by atoms with Crippen molar-refractivity contribution < 1.29 is 14.3 Å². The third kappa shape index (κ3) is 4.78. The van der Waals surface area contributed by atoms with Crippen LogP contribution in [0.5, 0.6) is 11.5 Å². The van der Waals surface area contributed by atoms with Crippen molar-refractivity contribution in [3.63, 3.8) is 0 Å². The lowest BCUT2D eigenvalue weighted by Crippen LogP contribution is -2.41. The van der Waals surface area contributed by atoms with Crippen LogP contribution in [-0.2, 0) is 6.42 Å². The number of para-hydroxylation sites is 2. The van der Waals surface area contributed by atoms with Crippen LogP contribution in [0.4, 0.5) is 5.69 Å². The lowest BCUT2D eigenvalue weighted by molar-refractivity contribution is 0.0976. The number of hydrogen-bond donors (Lipinski definition) is 1. The minimum Gasteiger partial charge on any atom is -0.490 e. The van der Waals surface area contributed by atoms with Crippen molar-refractivity contribution in [2.45, 2.75) is 6.42 Å². The Bertz CT molecular complexity index is 1040. The highest BCUT2D eigenvalue weighted by Gasteiger charge is 2.23. The molecule has 3 aromatic rings. The molecule has 0 unspecified atom stereocenters. The summed E-state index contributed by atoms with van der Waals surface area (Å²) in [4.78, 5) is 14.6. The number of rotatable bonds is 6. The van der Waals surface area contributed by atoms with Crippen LogP contribution in [0.25, 0.3) is 0 Å². The van der Waals surface area contributed by atoms with Gasteiger partial charge in [-0.2, -0.15) is 0 Å². The number of anilines is 1. The Balaban J connectivity index is 1.31. The van der Waals surface area contributed by atoms with E-state index in [2.05, 4.69) is 11.4 Å². The number of carbonyl (C=O) groups is 1. The highest BCUT2D eigenvalue weighted by Crippen LogP contribution is 2.27. The molecule has 0 spiro atoms. The van der Waals surface area contributed by atoms with Crippen LogP contribution in [0.2, 0.25) is 0 Å². The molecule has 3 aromatic carbocycles. The van der Waals surface area contributed by atoms with Gasteiger partial charge in [-0.15, -0.1) is 0 Å². The van der Waals surface area contributed by atoms with E-state index in [-0.39, 0.29) is 5.91 Å². The van der Waals surface area contributed by atoms with Crippen LogP contribution in [0, 0.1) is 0 Å². The molecule has 0 saturated heterocycles. The van der Waals surface area contributed by atoms with Gasteiger partial charge in [0, 0.05) is 17.8 Å². The molecule has 0 saturated carbocycles. The number of amides is 1. The lowest BCUT2D eigenvalue weighted by Gasteiger charge is -2.20. The van der Waals surface area contributed by atoms with Crippen molar-refractivity contribution in [2.24, 2.45) is 0 Å². The number of nitrogens with zero attached hydrogens (tertiary/aromatic N) is 1. The van der Waals surface area contributed by atoms with Crippen LogP contribution < -0.4 is 19.7 Å². The van der Waals surface area contributed by atoms with Crippen LogP contribution in [-0.4, -0.2) is 30.8 Å². The first-order valence-electron chi connectivity index (χ1n) is 9.82. The summed E-state index contributed by atoms with van der Waals surface area (Å²) in [7, 11) is 0. The third-order valence-corrected chi connectivity index (χ3v) is 5.14. The maximum atomic E-state index is 12.7. The molecule has 1 aliphatic rings. The van der Waals surface area contributed by atoms with Crippen LogP contribution in [0.1, 0.15) is 15.9 Å². The van der Waals surface area contributed by atoms with Crippen molar-refractivity contribution in [3.8, 4) is 11.5 Å². The minimum atomic E-state index is -0.254. The Morgan fingerprint density at radius 2 is 1.60 bits per heavy atom. The van der Waals surface area contributed by atoms with Gasteiger partial charge in [0.05, 0.1) is 0 Å². The summed E-state index contributed by atoms with van der Waals surface area (Å²) in [5, 5.41) is 3.24. The zero-order valence-electron chi connectivity index (χ0n) is 16.4. The van der Waals surface area contributed by atoms with E-state index < -0.39 is 0 Å². The van der Waals surface area contributed by atoms with Gasteiger partial charge >= 0.3 is 0 Å². The molecule has 152 valence electrons. The molecule has 1 heterocycles. The molecule has 0 aromatic heterocycles. The van der Waals surface area contributed by atoms with Gasteiger partial charge in [0.1, 0.15) is 24.7 Å². The highest BCUT2D eigenvalue weighted by atomic mass is 32.1. The fraction of sp³-hybridized carbons (Fsp3) is 0.167. The Labute approximate surface area is 181 Å². The van der Waals surface area contributed by atoms with Crippen molar-refractivity contribution >= 4 is 28.9 Å². The lowest BCUT2D eigenvalue weighted by atomic mass is 10.2. The molecule has 5 nitrogen and oxygen atoms in total. The van der Waals surface area contributed by atoms with Crippen molar-refractivity contribution in [2.75, 3.05) is 24.7 Å². The summed E-state index contributed by atoms with van der Waals surface area (Å²) in [6.45, 7) is 1.56. The van der Waals surface area contributed by atoms with Crippen LogP contribution in [0.15, 0.2) is 78.9 Å². The Morgan fingerprint density at radius 3 is 2.43 bits per heavy atom. The van der Waals surface area contributed by atoms with E-state index in [9.17, 15) is 4.79 Å². The Kier molecular flexibility index (Phi) is 6.25. The summed E-state index contributed by atoms with van der Waals surface area (Å²) in [6, 6.07) is 24.7. The second-order valence-corrected chi connectivity index (χ2v) is 7.21. The number of carbonyl (C=O) groups excluding carboxylic acids is 1. The van der Waals surface area contributed by atoms with Gasteiger partial charge in [0.2, 0.25) is 0 Å². The van der Waals surface area contributed by atoms with Gasteiger partial charge in [-0.1, -0.05) is 42.5 Å². The molecule has 0 atom stereocenters. The number of ether oxygens (including phenoxy) is 2. The van der Waals surface area contributed by atoms with E-state index in [1.54, 1.807) is 18.2 Å². The molecule has 0 aliphatic carbocycles. The van der Waals surface area contributed by atoms with E-state index in [1.165, 1.54) is 5.56 Å². The number of thiocarbonyl (C=S) groups is 1. The molecule has 0 bridgehead atoms. The van der Waals surface area contributed by atoms with Gasteiger partial charge in [0.25, 0.3) is 5.91 Å². The molecule has 1 aliphatic heterocycles. The zero-order valence-corrected chi connectivity index (χ0v) is 17.2. The minimum absolute atomic E-state index is 0.254. The molecule has 0 fully saturated rings. The van der Waals surface area contributed by atoms with E-state index in [1.807, 2.05) is 59.5 Å². The standard InChI is InChI=1S/C24H22N2O3S/c27-23(25-24(30)26-14-13-18-7-4-5-12-22(18)26)19-8-6-11-21(17-19)29-16-15-28-20-9-2-1-3-10-20/h1-12,17H,13-16H2,(H,25,27,30). The smallest absolute Gasteiger partial charge is 0.257 e. The van der Waals surface area contributed by atoms with E-state index in [0.29, 0.717) is 29.6 Å². The summed E-state index contributed by atoms with van der Waals surface area (Å²) >= 11 is 5.48. The molecule has 1 N–H and O–H groups in total. The van der Waals surface area contributed by atoms with Gasteiger partial charge < -0.3 is 14.4 Å². The van der Waals surface area contributed by atoms with Gasteiger partial charge in [-0.3, -0.25) is 10.1 Å². The summed E-state index contributed by atoms with van der Waals surface area (Å²) in [6.07, 6.45) is 0.917. The maximum Gasteiger partial charge on any atom is 0.257 e. The number of fused-ring (bicyclic) bond motifs is 1.